The van der Waals surface area contributed by atoms with Crippen LogP contribution in [0.2, 0.25) is 0 Å². The number of rotatable bonds is 4. The van der Waals surface area contributed by atoms with Crippen LogP contribution in [0.25, 0.3) is 5.65 Å². The fourth-order valence-electron chi connectivity index (χ4n) is 1.33. The van der Waals surface area contributed by atoms with Crippen LogP contribution in [0.15, 0.2) is 16.9 Å². The summed E-state index contributed by atoms with van der Waals surface area (Å²) in [5, 5.41) is 15.5. The van der Waals surface area contributed by atoms with Gasteiger partial charge in [-0.3, -0.25) is 4.79 Å². The van der Waals surface area contributed by atoms with Crippen molar-refractivity contribution in [2.75, 3.05) is 18.4 Å². The maximum Gasteiger partial charge on any atom is 0.364 e. The van der Waals surface area contributed by atoms with Crippen LogP contribution in [0.4, 0.5) is 5.82 Å². The second-order valence-electron chi connectivity index (χ2n) is 3.32. The predicted molar refractivity (Wildman–Crippen MR) is 60.8 cm³/mol. The van der Waals surface area contributed by atoms with Crippen LogP contribution in [-0.2, 0) is 4.79 Å². The highest BCUT2D eigenvalue weighted by Gasteiger charge is 2.04. The third-order valence-electron chi connectivity index (χ3n) is 2.08. The Balaban J connectivity index is 2.11. The van der Waals surface area contributed by atoms with Crippen LogP contribution >= 0.6 is 0 Å². The largest absolute Gasteiger partial charge is 0.364 e. The molecule has 0 saturated heterocycles. The molecule has 2 aromatic rings. The molecule has 8 heteroatoms. The lowest BCUT2D eigenvalue weighted by atomic mass is 10.5. The topological polar surface area (TPSA) is 104 Å². The van der Waals surface area contributed by atoms with E-state index in [2.05, 4.69) is 25.9 Å². The van der Waals surface area contributed by atoms with Crippen LogP contribution in [-0.4, -0.2) is 38.8 Å². The third-order valence-corrected chi connectivity index (χ3v) is 2.08. The molecule has 0 spiro atoms. The average molecular weight is 236 g/mol. The number of nitrogens with one attached hydrogen (secondary N) is 3. The molecule has 0 atom stereocenters. The number of carbonyl (C=O) groups is 1. The molecule has 3 N–H and O–H groups in total. The fourth-order valence-corrected chi connectivity index (χ4v) is 1.33. The molecule has 17 heavy (non-hydrogen) atoms. The van der Waals surface area contributed by atoms with Crippen LogP contribution < -0.4 is 16.3 Å². The van der Waals surface area contributed by atoms with Gasteiger partial charge in [-0.2, -0.15) is 9.61 Å². The van der Waals surface area contributed by atoms with Gasteiger partial charge in [-0.1, -0.05) is 0 Å². The van der Waals surface area contributed by atoms with Gasteiger partial charge in [0, 0.05) is 6.54 Å². The van der Waals surface area contributed by atoms with Gasteiger partial charge in [0.2, 0.25) is 5.91 Å². The Morgan fingerprint density at radius 2 is 2.35 bits per heavy atom. The van der Waals surface area contributed by atoms with Crippen LogP contribution in [0, 0.1) is 0 Å². The number of aromatic nitrogens is 4. The first-order valence-electron chi connectivity index (χ1n) is 5.15. The van der Waals surface area contributed by atoms with Gasteiger partial charge in [-0.05, 0) is 19.1 Å². The molecule has 90 valence electrons. The molecule has 0 radical (unpaired) electrons. The van der Waals surface area contributed by atoms with E-state index in [0.717, 1.165) is 4.52 Å². The first kappa shape index (κ1) is 11.1. The molecule has 0 saturated carbocycles. The van der Waals surface area contributed by atoms with Gasteiger partial charge in [0.25, 0.3) is 0 Å². The molecule has 0 aromatic carbocycles. The van der Waals surface area contributed by atoms with Crippen LogP contribution in [0.5, 0.6) is 0 Å². The first-order valence-corrected chi connectivity index (χ1v) is 5.15. The number of nitrogens with zero attached hydrogens (tertiary/aromatic N) is 3. The number of carbonyl (C=O) groups excluding carboxylic acids is 1. The zero-order valence-corrected chi connectivity index (χ0v) is 9.23. The molecule has 0 unspecified atom stereocenters. The second-order valence-corrected chi connectivity index (χ2v) is 3.32. The monoisotopic (exact) mass is 236 g/mol. The number of H-pyrrole nitrogens is 1. The summed E-state index contributed by atoms with van der Waals surface area (Å²) in [5.74, 6) is 0.307. The van der Waals surface area contributed by atoms with E-state index in [1.165, 1.54) is 0 Å². The number of likely N-dealkylation sites (N-methyl/N-ethyl adjacent to an activating group) is 1. The van der Waals surface area contributed by atoms with E-state index in [9.17, 15) is 9.59 Å². The summed E-state index contributed by atoms with van der Waals surface area (Å²) in [4.78, 5) is 22.5. The van der Waals surface area contributed by atoms with Gasteiger partial charge in [0.15, 0.2) is 5.65 Å². The zero-order valence-electron chi connectivity index (χ0n) is 9.23. The van der Waals surface area contributed by atoms with Crippen molar-refractivity contribution in [3.05, 3.63) is 22.6 Å². The molecule has 0 fully saturated rings. The van der Waals surface area contributed by atoms with Crippen LogP contribution in [0.1, 0.15) is 6.92 Å². The molecule has 0 aliphatic rings. The molecular formula is C9H12N6O2. The maximum absolute atomic E-state index is 11.2. The number of amides is 1. The quantitative estimate of drug-likeness (QED) is 0.629. The summed E-state index contributed by atoms with van der Waals surface area (Å²) < 4.78 is 1.13. The average Bonchev–Trinajstić information content (AvgIpc) is 2.69. The van der Waals surface area contributed by atoms with Crippen molar-refractivity contribution >= 4 is 17.4 Å². The van der Waals surface area contributed by atoms with Crippen molar-refractivity contribution in [3.63, 3.8) is 0 Å². The Hall–Kier alpha value is -2.38. The minimum absolute atomic E-state index is 0.110. The smallest absolute Gasteiger partial charge is 0.360 e. The number of fused-ring (bicyclic) bond motifs is 1. The van der Waals surface area contributed by atoms with Gasteiger partial charge in [0.05, 0.1) is 6.54 Å². The predicted octanol–water partition coefficient (Wildman–Crippen LogP) is -1.03. The van der Waals surface area contributed by atoms with Gasteiger partial charge in [-0.15, -0.1) is 5.10 Å². The molecule has 2 heterocycles. The number of hydrogen-bond acceptors (Lipinski definition) is 5. The Bertz CT molecular complexity index is 586. The van der Waals surface area contributed by atoms with E-state index in [0.29, 0.717) is 18.0 Å². The molecular weight excluding hydrogens is 224 g/mol. The molecule has 0 aliphatic heterocycles. The summed E-state index contributed by atoms with van der Waals surface area (Å²) >= 11 is 0. The van der Waals surface area contributed by atoms with Crippen molar-refractivity contribution in [1.29, 1.82) is 0 Å². The van der Waals surface area contributed by atoms with Crippen molar-refractivity contribution in [2.24, 2.45) is 0 Å². The van der Waals surface area contributed by atoms with Gasteiger partial charge in [-0.25, -0.2) is 9.89 Å². The molecule has 2 aromatic heterocycles. The summed E-state index contributed by atoms with van der Waals surface area (Å²) in [6.07, 6.45) is 0. The number of aromatic amines is 1. The van der Waals surface area contributed by atoms with Gasteiger partial charge >= 0.3 is 5.69 Å². The first-order chi connectivity index (χ1) is 8.20. The van der Waals surface area contributed by atoms with E-state index in [1.54, 1.807) is 12.1 Å². The lowest BCUT2D eigenvalue weighted by Crippen LogP contribution is -2.29. The van der Waals surface area contributed by atoms with Crippen molar-refractivity contribution in [2.45, 2.75) is 6.92 Å². The zero-order chi connectivity index (χ0) is 12.3. The molecule has 8 nitrogen and oxygen atoms in total. The van der Waals surface area contributed by atoms with E-state index in [-0.39, 0.29) is 12.5 Å². The summed E-state index contributed by atoms with van der Waals surface area (Å²) in [6.45, 7) is 2.53. The Morgan fingerprint density at radius 1 is 1.53 bits per heavy atom. The van der Waals surface area contributed by atoms with E-state index >= 15 is 0 Å². The minimum atomic E-state index is -0.415. The van der Waals surface area contributed by atoms with Crippen molar-refractivity contribution < 1.29 is 4.79 Å². The van der Waals surface area contributed by atoms with E-state index in [1.807, 2.05) is 6.92 Å². The Labute approximate surface area is 96.0 Å². The lowest BCUT2D eigenvalue weighted by molar-refractivity contribution is -0.119. The number of hydrogen-bond donors (Lipinski definition) is 3. The Kier molecular flexibility index (Phi) is 3.03. The van der Waals surface area contributed by atoms with Crippen molar-refractivity contribution in [3.8, 4) is 0 Å². The molecule has 1 amide bonds. The highest BCUT2D eigenvalue weighted by Crippen LogP contribution is 2.01. The molecule has 0 aliphatic carbocycles. The molecule has 2 rings (SSSR count). The lowest BCUT2D eigenvalue weighted by Gasteiger charge is -2.04. The Morgan fingerprint density at radius 3 is 3.12 bits per heavy atom. The van der Waals surface area contributed by atoms with E-state index < -0.39 is 5.69 Å². The van der Waals surface area contributed by atoms with Gasteiger partial charge < -0.3 is 10.6 Å². The number of anilines is 1. The SMILES string of the molecule is CCNC(=O)CNc1ccc2n[nH]c(=O)n2n1. The van der Waals surface area contributed by atoms with E-state index in [4.69, 9.17) is 0 Å². The van der Waals surface area contributed by atoms with Crippen molar-refractivity contribution in [1.82, 2.24) is 25.1 Å². The molecule has 0 bridgehead atoms. The third kappa shape index (κ3) is 2.41. The standard InChI is InChI=1S/C9H12N6O2/c1-2-10-8(16)5-11-6-3-4-7-12-13-9(17)15(7)14-6/h3-4H,2,5H2,1H3,(H,10,16)(H,11,14)(H,13,17). The summed E-state index contributed by atoms with van der Waals surface area (Å²) in [7, 11) is 0. The normalized spacial score (nSPS) is 10.4. The highest BCUT2D eigenvalue weighted by atomic mass is 16.2. The summed E-state index contributed by atoms with van der Waals surface area (Å²) in [5.41, 5.74) is 0.0141. The fraction of sp³-hybridized carbons (Fsp3) is 0.333. The minimum Gasteiger partial charge on any atom is -0.360 e. The van der Waals surface area contributed by atoms with Crippen LogP contribution in [0.3, 0.4) is 0 Å². The second kappa shape index (κ2) is 4.64. The van der Waals surface area contributed by atoms with Gasteiger partial charge in [0.1, 0.15) is 5.82 Å². The maximum atomic E-state index is 11.2. The highest BCUT2D eigenvalue weighted by molar-refractivity contribution is 5.80. The summed E-state index contributed by atoms with van der Waals surface area (Å²) in [6, 6.07) is 3.28.